The number of rotatable bonds is 2. The van der Waals surface area contributed by atoms with Crippen molar-refractivity contribution in [1.82, 2.24) is 0 Å². The zero-order valence-electron chi connectivity index (χ0n) is 5.28. The van der Waals surface area contributed by atoms with E-state index in [2.05, 4.69) is 0 Å². The molecule has 0 rings (SSSR count). The summed E-state index contributed by atoms with van der Waals surface area (Å²) in [4.78, 5) is 25.4. The SMILES string of the molecule is O=C(O)CP(=O)(O)O.[Ca+2].[F-].[F-]. The van der Waals surface area contributed by atoms with E-state index in [0.29, 0.717) is 0 Å². The van der Waals surface area contributed by atoms with Crippen molar-refractivity contribution >= 4 is 51.3 Å². The summed E-state index contributed by atoms with van der Waals surface area (Å²) >= 11 is 0. The van der Waals surface area contributed by atoms with E-state index < -0.39 is 19.7 Å². The van der Waals surface area contributed by atoms with Gasteiger partial charge in [0, 0.05) is 0 Å². The Balaban J connectivity index is -0.0000000817. The summed E-state index contributed by atoms with van der Waals surface area (Å²) in [5.74, 6) is -1.49. The minimum atomic E-state index is -4.32. The molecular weight excluding hydrogens is 213 g/mol. The van der Waals surface area contributed by atoms with Gasteiger partial charge in [-0.15, -0.1) is 0 Å². The van der Waals surface area contributed by atoms with E-state index in [4.69, 9.17) is 14.9 Å². The molecule has 11 heavy (non-hydrogen) atoms. The van der Waals surface area contributed by atoms with E-state index in [0.717, 1.165) is 0 Å². The first kappa shape index (κ1) is 22.6. The van der Waals surface area contributed by atoms with Crippen LogP contribution in [0.5, 0.6) is 0 Å². The summed E-state index contributed by atoms with van der Waals surface area (Å²) in [6.45, 7) is 0. The van der Waals surface area contributed by atoms with Crippen LogP contribution in [0.25, 0.3) is 0 Å². The summed E-state index contributed by atoms with van der Waals surface area (Å²) in [6.07, 6.45) is -1.09. The molecule has 0 fully saturated rings. The van der Waals surface area contributed by atoms with Gasteiger partial charge in [-0.3, -0.25) is 9.36 Å². The molecule has 0 unspecified atom stereocenters. The van der Waals surface area contributed by atoms with E-state index in [1.165, 1.54) is 0 Å². The standard InChI is InChI=1S/C2H5O5P.Ca.2FH/c3-2(4)1-8(5,6)7;;;/h1H2,(H,3,4)(H2,5,6,7);;2*1H/q;+2;;/p-2. The minimum absolute atomic E-state index is 0. The van der Waals surface area contributed by atoms with Gasteiger partial charge in [-0.1, -0.05) is 0 Å². The third-order valence-corrected chi connectivity index (χ3v) is 1.02. The number of carboxylic acid groups (broad SMARTS) is 1. The zero-order chi connectivity index (χ0) is 6.78. The molecule has 0 aromatic rings. The van der Waals surface area contributed by atoms with Crippen LogP contribution < -0.4 is 9.41 Å². The van der Waals surface area contributed by atoms with Gasteiger partial charge in [0.15, 0.2) is 0 Å². The molecule has 0 bridgehead atoms. The van der Waals surface area contributed by atoms with Crippen molar-refractivity contribution in [2.45, 2.75) is 0 Å². The first-order valence-corrected chi connectivity index (χ1v) is 3.48. The Labute approximate surface area is 90.7 Å². The third kappa shape index (κ3) is 24.9. The maximum Gasteiger partial charge on any atom is 2.00 e. The average Bonchev–Trinajstić information content (AvgIpc) is 1.21. The molecule has 0 saturated carbocycles. The van der Waals surface area contributed by atoms with Crippen LogP contribution in [-0.2, 0) is 9.36 Å². The molecule has 0 radical (unpaired) electrons. The van der Waals surface area contributed by atoms with Crippen molar-refractivity contribution in [3.63, 3.8) is 0 Å². The van der Waals surface area contributed by atoms with Crippen LogP contribution in [0.4, 0.5) is 0 Å². The zero-order valence-corrected chi connectivity index (χ0v) is 8.38. The molecular formula is C2H5CaF2O5P. The molecule has 0 aromatic carbocycles. The Hall–Kier alpha value is 0.740. The van der Waals surface area contributed by atoms with Crippen LogP contribution in [0.3, 0.4) is 0 Å². The minimum Gasteiger partial charge on any atom is -1.00 e. The number of carbonyl (C=O) groups is 1. The maximum absolute atomic E-state index is 9.76. The normalized spacial score (nSPS) is 8.18. The predicted octanol–water partition coefficient (Wildman–Crippen LogP) is -7.12. The van der Waals surface area contributed by atoms with E-state index in [9.17, 15) is 9.36 Å². The Morgan fingerprint density at radius 1 is 1.27 bits per heavy atom. The van der Waals surface area contributed by atoms with Gasteiger partial charge < -0.3 is 24.3 Å². The molecule has 3 N–H and O–H groups in total. The van der Waals surface area contributed by atoms with Gasteiger partial charge in [0.2, 0.25) is 0 Å². The molecule has 0 saturated heterocycles. The van der Waals surface area contributed by atoms with Crippen molar-refractivity contribution < 1.29 is 33.7 Å². The Kier molecular flexibility index (Phi) is 18.2. The summed E-state index contributed by atoms with van der Waals surface area (Å²) in [5.41, 5.74) is 0. The Morgan fingerprint density at radius 2 is 1.55 bits per heavy atom. The molecule has 0 aromatic heterocycles. The van der Waals surface area contributed by atoms with E-state index in [-0.39, 0.29) is 47.1 Å². The first-order valence-electron chi connectivity index (χ1n) is 1.68. The maximum atomic E-state index is 9.76. The van der Waals surface area contributed by atoms with E-state index in [1.807, 2.05) is 0 Å². The van der Waals surface area contributed by atoms with Crippen molar-refractivity contribution in [3.05, 3.63) is 0 Å². The Bertz CT molecular complexity index is 145. The molecule has 0 atom stereocenters. The van der Waals surface area contributed by atoms with Gasteiger partial charge in [0.25, 0.3) is 0 Å². The second-order valence-corrected chi connectivity index (χ2v) is 2.86. The topological polar surface area (TPSA) is 94.8 Å². The second kappa shape index (κ2) is 8.83. The van der Waals surface area contributed by atoms with E-state index >= 15 is 0 Å². The van der Waals surface area contributed by atoms with Gasteiger partial charge in [-0.05, 0) is 0 Å². The number of hydrogen-bond donors (Lipinski definition) is 3. The van der Waals surface area contributed by atoms with Crippen molar-refractivity contribution in [2.75, 3.05) is 6.16 Å². The molecule has 9 heteroatoms. The van der Waals surface area contributed by atoms with Crippen LogP contribution in [0.1, 0.15) is 0 Å². The molecule has 0 heterocycles. The third-order valence-electron chi connectivity index (χ3n) is 0.341. The smallest absolute Gasteiger partial charge is 1.00 e. The molecule has 0 spiro atoms. The summed E-state index contributed by atoms with van der Waals surface area (Å²) in [7, 11) is -4.32. The van der Waals surface area contributed by atoms with Gasteiger partial charge in [-0.2, -0.15) is 0 Å². The predicted molar refractivity (Wildman–Crippen MR) is 30.3 cm³/mol. The largest absolute Gasteiger partial charge is 2.00 e. The summed E-state index contributed by atoms with van der Waals surface area (Å²) < 4.78 is 9.76. The van der Waals surface area contributed by atoms with Gasteiger partial charge in [0.05, 0.1) is 0 Å². The first-order chi connectivity index (χ1) is 3.42. The fraction of sp³-hybridized carbons (Fsp3) is 0.500. The Morgan fingerprint density at radius 3 is 1.55 bits per heavy atom. The van der Waals surface area contributed by atoms with Crippen molar-refractivity contribution in [2.24, 2.45) is 0 Å². The summed E-state index contributed by atoms with van der Waals surface area (Å²) in [6, 6.07) is 0. The number of hydrogen-bond acceptors (Lipinski definition) is 2. The van der Waals surface area contributed by atoms with Gasteiger partial charge in [-0.25, -0.2) is 0 Å². The number of halogens is 2. The van der Waals surface area contributed by atoms with Crippen molar-refractivity contribution in [1.29, 1.82) is 0 Å². The summed E-state index contributed by atoms with van der Waals surface area (Å²) in [5, 5.41) is 7.76. The average molecular weight is 218 g/mol. The molecule has 64 valence electrons. The van der Waals surface area contributed by atoms with Crippen LogP contribution in [0, 0.1) is 0 Å². The van der Waals surface area contributed by atoms with Gasteiger partial charge >= 0.3 is 51.3 Å². The monoisotopic (exact) mass is 218 g/mol. The molecule has 0 aliphatic rings. The fourth-order valence-corrected chi connectivity index (χ4v) is 0.529. The molecule has 5 nitrogen and oxygen atoms in total. The van der Waals surface area contributed by atoms with E-state index in [1.54, 1.807) is 0 Å². The quantitative estimate of drug-likeness (QED) is 0.316. The van der Waals surface area contributed by atoms with Crippen LogP contribution in [0.2, 0.25) is 0 Å². The second-order valence-electron chi connectivity index (χ2n) is 1.22. The molecule has 0 aliphatic heterocycles. The van der Waals surface area contributed by atoms with Gasteiger partial charge in [0.1, 0.15) is 6.16 Å². The number of aliphatic carboxylic acids is 1. The van der Waals surface area contributed by atoms with Crippen LogP contribution in [0.15, 0.2) is 0 Å². The molecule has 0 amide bonds. The van der Waals surface area contributed by atoms with Crippen LogP contribution >= 0.6 is 7.60 Å². The van der Waals surface area contributed by atoms with Crippen LogP contribution in [-0.4, -0.2) is 64.8 Å². The molecule has 0 aliphatic carbocycles. The number of carboxylic acids is 1. The van der Waals surface area contributed by atoms with Crippen molar-refractivity contribution in [3.8, 4) is 0 Å². The fourth-order valence-electron chi connectivity index (χ4n) is 0.176.